The van der Waals surface area contributed by atoms with Crippen LogP contribution in [0.4, 0.5) is 0 Å². The summed E-state index contributed by atoms with van der Waals surface area (Å²) in [6, 6.07) is 0.172. The van der Waals surface area contributed by atoms with Crippen LogP contribution in [0.5, 0.6) is 0 Å². The van der Waals surface area contributed by atoms with Gasteiger partial charge in [-0.15, -0.1) is 5.10 Å². The van der Waals surface area contributed by atoms with Gasteiger partial charge in [-0.3, -0.25) is 4.79 Å². The summed E-state index contributed by atoms with van der Waals surface area (Å²) in [5.41, 5.74) is 0. The average Bonchev–Trinajstić information content (AvgIpc) is 2.89. The first kappa shape index (κ1) is 16.9. The first-order valence-electron chi connectivity index (χ1n) is 6.34. The summed E-state index contributed by atoms with van der Waals surface area (Å²) < 4.78 is 11.7. The molecule has 0 aliphatic carbocycles. The van der Waals surface area contributed by atoms with Gasteiger partial charge in [0.1, 0.15) is 0 Å². The van der Waals surface area contributed by atoms with Crippen LogP contribution in [-0.4, -0.2) is 58.4 Å². The maximum absolute atomic E-state index is 11.7. The first-order chi connectivity index (χ1) is 9.60. The summed E-state index contributed by atoms with van der Waals surface area (Å²) in [4.78, 5) is 11.7. The fourth-order valence-electron chi connectivity index (χ4n) is 1.35. The SMILES string of the molecule is CCC(C)NC(=O)CSc1nnnn1CC(OC)OC. The molecule has 9 heteroatoms. The van der Waals surface area contributed by atoms with E-state index in [0.29, 0.717) is 11.7 Å². The Labute approximate surface area is 122 Å². The summed E-state index contributed by atoms with van der Waals surface area (Å²) in [7, 11) is 3.09. The third-order valence-corrected chi connectivity index (χ3v) is 3.66. The number of rotatable bonds is 9. The summed E-state index contributed by atoms with van der Waals surface area (Å²) in [5, 5.41) is 14.8. The van der Waals surface area contributed by atoms with Crippen LogP contribution in [-0.2, 0) is 20.8 Å². The largest absolute Gasteiger partial charge is 0.354 e. The van der Waals surface area contributed by atoms with Crippen molar-refractivity contribution in [1.82, 2.24) is 25.5 Å². The number of nitrogens with one attached hydrogen (secondary N) is 1. The van der Waals surface area contributed by atoms with Gasteiger partial charge in [0, 0.05) is 20.3 Å². The molecule has 1 aromatic heterocycles. The molecule has 0 saturated heterocycles. The molecule has 114 valence electrons. The number of hydrogen-bond acceptors (Lipinski definition) is 7. The second kappa shape index (κ2) is 8.88. The monoisotopic (exact) mass is 303 g/mol. The fraction of sp³-hybridized carbons (Fsp3) is 0.818. The predicted molar refractivity (Wildman–Crippen MR) is 74.2 cm³/mol. The van der Waals surface area contributed by atoms with Crippen LogP contribution in [0, 0.1) is 0 Å². The Morgan fingerprint density at radius 1 is 1.45 bits per heavy atom. The van der Waals surface area contributed by atoms with Gasteiger partial charge < -0.3 is 14.8 Å². The number of amides is 1. The first-order valence-corrected chi connectivity index (χ1v) is 7.33. The Balaban J connectivity index is 2.48. The number of methoxy groups -OCH3 is 2. The van der Waals surface area contributed by atoms with E-state index in [0.717, 1.165) is 6.42 Å². The summed E-state index contributed by atoms with van der Waals surface area (Å²) in [6.45, 7) is 4.36. The molecule has 0 bridgehead atoms. The van der Waals surface area contributed by atoms with Gasteiger partial charge in [-0.05, 0) is 23.8 Å². The molecule has 1 rings (SSSR count). The molecule has 0 aromatic carbocycles. The molecule has 0 aliphatic rings. The van der Waals surface area contributed by atoms with E-state index in [1.807, 2.05) is 13.8 Å². The Kier molecular flexibility index (Phi) is 7.48. The maximum Gasteiger partial charge on any atom is 0.230 e. The standard InChI is InChI=1S/C11H21N5O3S/c1-5-8(2)12-9(17)7-20-11-13-14-15-16(11)6-10(18-3)19-4/h8,10H,5-7H2,1-4H3,(H,12,17). The molecule has 0 radical (unpaired) electrons. The number of nitrogens with zero attached hydrogens (tertiary/aromatic N) is 4. The van der Waals surface area contributed by atoms with Gasteiger partial charge in [0.15, 0.2) is 6.29 Å². The molecule has 0 fully saturated rings. The van der Waals surface area contributed by atoms with Crippen molar-refractivity contribution in [3.05, 3.63) is 0 Å². The zero-order valence-electron chi connectivity index (χ0n) is 12.2. The number of hydrogen-bond donors (Lipinski definition) is 1. The number of thioether (sulfide) groups is 1. The van der Waals surface area contributed by atoms with Crippen LogP contribution in [0.1, 0.15) is 20.3 Å². The quantitative estimate of drug-likeness (QED) is 0.518. The van der Waals surface area contributed by atoms with E-state index in [9.17, 15) is 4.79 Å². The number of tetrazole rings is 1. The van der Waals surface area contributed by atoms with Crippen LogP contribution >= 0.6 is 11.8 Å². The van der Waals surface area contributed by atoms with Crippen LogP contribution in [0.25, 0.3) is 0 Å². The second-order valence-corrected chi connectivity index (χ2v) is 5.15. The molecule has 1 amide bonds. The highest BCUT2D eigenvalue weighted by atomic mass is 32.2. The van der Waals surface area contributed by atoms with Gasteiger partial charge in [-0.2, -0.15) is 0 Å². The molecular weight excluding hydrogens is 282 g/mol. The Bertz CT molecular complexity index is 411. The molecule has 1 unspecified atom stereocenters. The lowest BCUT2D eigenvalue weighted by Gasteiger charge is -2.13. The van der Waals surface area contributed by atoms with Crippen molar-refractivity contribution in [3.8, 4) is 0 Å². The van der Waals surface area contributed by atoms with Crippen molar-refractivity contribution in [2.75, 3.05) is 20.0 Å². The second-order valence-electron chi connectivity index (χ2n) is 4.21. The molecule has 1 N–H and O–H groups in total. The van der Waals surface area contributed by atoms with E-state index in [2.05, 4.69) is 20.8 Å². The van der Waals surface area contributed by atoms with E-state index in [1.165, 1.54) is 11.8 Å². The van der Waals surface area contributed by atoms with Gasteiger partial charge in [0.2, 0.25) is 11.1 Å². The Morgan fingerprint density at radius 3 is 2.75 bits per heavy atom. The van der Waals surface area contributed by atoms with Gasteiger partial charge in [-0.25, -0.2) is 4.68 Å². The average molecular weight is 303 g/mol. The summed E-state index contributed by atoms with van der Waals surface area (Å²) in [6.07, 6.45) is 0.476. The number of carbonyl (C=O) groups is 1. The van der Waals surface area contributed by atoms with Crippen molar-refractivity contribution in [1.29, 1.82) is 0 Å². The number of carbonyl (C=O) groups excluding carboxylic acids is 1. The normalized spacial score (nSPS) is 12.7. The zero-order chi connectivity index (χ0) is 15.0. The molecule has 0 aliphatic heterocycles. The van der Waals surface area contributed by atoms with Crippen molar-refractivity contribution in [3.63, 3.8) is 0 Å². The molecule has 1 aromatic rings. The lowest BCUT2D eigenvalue weighted by Crippen LogP contribution is -2.33. The third-order valence-electron chi connectivity index (χ3n) is 2.70. The topological polar surface area (TPSA) is 91.2 Å². The minimum atomic E-state index is -0.424. The minimum absolute atomic E-state index is 0.0334. The number of ether oxygens (including phenoxy) is 2. The highest BCUT2D eigenvalue weighted by Gasteiger charge is 2.14. The molecule has 8 nitrogen and oxygen atoms in total. The molecule has 0 spiro atoms. The summed E-state index contributed by atoms with van der Waals surface area (Å²) in [5.74, 6) is 0.240. The van der Waals surface area contributed by atoms with Crippen molar-refractivity contribution >= 4 is 17.7 Å². The summed E-state index contributed by atoms with van der Waals surface area (Å²) >= 11 is 1.28. The van der Waals surface area contributed by atoms with Crippen LogP contribution in [0.15, 0.2) is 5.16 Å². The molecule has 20 heavy (non-hydrogen) atoms. The lowest BCUT2D eigenvalue weighted by atomic mass is 10.3. The Morgan fingerprint density at radius 2 is 2.15 bits per heavy atom. The highest BCUT2D eigenvalue weighted by Crippen LogP contribution is 2.14. The smallest absolute Gasteiger partial charge is 0.230 e. The fourth-order valence-corrected chi connectivity index (χ4v) is 2.05. The van der Waals surface area contributed by atoms with Crippen LogP contribution < -0.4 is 5.32 Å². The minimum Gasteiger partial charge on any atom is -0.354 e. The van der Waals surface area contributed by atoms with Crippen molar-refractivity contribution in [2.24, 2.45) is 0 Å². The van der Waals surface area contributed by atoms with Gasteiger partial charge in [0.25, 0.3) is 0 Å². The van der Waals surface area contributed by atoms with E-state index in [4.69, 9.17) is 9.47 Å². The predicted octanol–water partition coefficient (Wildman–Crippen LogP) is 0.299. The Hall–Kier alpha value is -1.19. The highest BCUT2D eigenvalue weighted by molar-refractivity contribution is 7.99. The van der Waals surface area contributed by atoms with Crippen molar-refractivity contribution < 1.29 is 14.3 Å². The van der Waals surface area contributed by atoms with E-state index in [1.54, 1.807) is 18.9 Å². The van der Waals surface area contributed by atoms with Crippen LogP contribution in [0.2, 0.25) is 0 Å². The van der Waals surface area contributed by atoms with Crippen LogP contribution in [0.3, 0.4) is 0 Å². The van der Waals surface area contributed by atoms with E-state index in [-0.39, 0.29) is 17.7 Å². The lowest BCUT2D eigenvalue weighted by molar-refractivity contribution is -0.119. The molecule has 1 atom stereocenters. The van der Waals surface area contributed by atoms with E-state index < -0.39 is 6.29 Å². The van der Waals surface area contributed by atoms with Gasteiger partial charge in [0.05, 0.1) is 12.3 Å². The van der Waals surface area contributed by atoms with Gasteiger partial charge in [-0.1, -0.05) is 18.7 Å². The molecular formula is C11H21N5O3S. The zero-order valence-corrected chi connectivity index (χ0v) is 13.0. The maximum atomic E-state index is 11.7. The number of aromatic nitrogens is 4. The molecule has 0 saturated carbocycles. The van der Waals surface area contributed by atoms with Gasteiger partial charge >= 0.3 is 0 Å². The van der Waals surface area contributed by atoms with E-state index >= 15 is 0 Å². The third kappa shape index (κ3) is 5.43. The molecule has 1 heterocycles. The van der Waals surface area contributed by atoms with Crippen molar-refractivity contribution in [2.45, 2.75) is 44.3 Å².